The maximum Gasteiger partial charge on any atom is 0.221 e. The molecule has 0 aliphatic carbocycles. The van der Waals surface area contributed by atoms with E-state index in [4.69, 9.17) is 20.9 Å². The molecule has 1 heterocycles. The minimum Gasteiger partial charge on any atom is -0.493 e. The Kier molecular flexibility index (Phi) is 5.64. The third-order valence-electron chi connectivity index (χ3n) is 4.91. The van der Waals surface area contributed by atoms with E-state index in [0.29, 0.717) is 23.7 Å². The maximum atomic E-state index is 6.02. The Morgan fingerprint density at radius 3 is 2.21 bits per heavy atom. The molecule has 0 aliphatic heterocycles. The van der Waals surface area contributed by atoms with Crippen molar-refractivity contribution in [3.63, 3.8) is 0 Å². The zero-order valence-corrected chi connectivity index (χ0v) is 17.6. The van der Waals surface area contributed by atoms with Crippen LogP contribution in [0.1, 0.15) is 37.5 Å². The van der Waals surface area contributed by atoms with Crippen molar-refractivity contribution in [3.8, 4) is 22.6 Å². The fourth-order valence-electron chi connectivity index (χ4n) is 3.28. The van der Waals surface area contributed by atoms with Gasteiger partial charge >= 0.3 is 0 Å². The molecule has 0 saturated carbocycles. The molecule has 2 aromatic carbocycles. The number of nitrogens with two attached hydrogens (primary N) is 2. The first-order valence-corrected chi connectivity index (χ1v) is 9.45. The summed E-state index contributed by atoms with van der Waals surface area (Å²) in [6.45, 7) is 6.60. The first-order chi connectivity index (χ1) is 13.7. The van der Waals surface area contributed by atoms with Gasteiger partial charge in [0.05, 0.1) is 14.2 Å². The normalized spacial score (nSPS) is 11.3. The molecule has 3 rings (SSSR count). The van der Waals surface area contributed by atoms with Crippen LogP contribution in [-0.2, 0) is 11.8 Å². The standard InChI is InChI=1S/C23H28N4O2/c1-23(2,3)17-8-6-15(7-9-17)18-11-14(12-19(28-4)20(18)29-5)10-16-13-26-22(25)27-21(16)24/h6-9,11-13H,10H2,1-5H3,(H4,24,25,26,27). The fourth-order valence-corrected chi connectivity index (χ4v) is 3.28. The highest BCUT2D eigenvalue weighted by Crippen LogP contribution is 2.40. The lowest BCUT2D eigenvalue weighted by Gasteiger charge is -2.20. The van der Waals surface area contributed by atoms with Gasteiger partial charge in [-0.3, -0.25) is 0 Å². The summed E-state index contributed by atoms with van der Waals surface area (Å²) in [5.41, 5.74) is 16.8. The van der Waals surface area contributed by atoms with E-state index in [1.165, 1.54) is 5.56 Å². The molecule has 0 unspecified atom stereocenters. The van der Waals surface area contributed by atoms with Gasteiger partial charge in [-0.15, -0.1) is 0 Å². The monoisotopic (exact) mass is 392 g/mol. The van der Waals surface area contributed by atoms with Gasteiger partial charge in [-0.25, -0.2) is 4.98 Å². The van der Waals surface area contributed by atoms with Gasteiger partial charge in [0.25, 0.3) is 0 Å². The van der Waals surface area contributed by atoms with E-state index >= 15 is 0 Å². The molecule has 29 heavy (non-hydrogen) atoms. The maximum absolute atomic E-state index is 6.02. The number of methoxy groups -OCH3 is 2. The molecule has 3 aromatic rings. The molecule has 152 valence electrons. The molecule has 0 amide bonds. The van der Waals surface area contributed by atoms with E-state index in [1.807, 2.05) is 6.07 Å². The summed E-state index contributed by atoms with van der Waals surface area (Å²) in [5, 5.41) is 0. The number of hydrogen-bond acceptors (Lipinski definition) is 6. The molecular weight excluding hydrogens is 364 g/mol. The Morgan fingerprint density at radius 1 is 0.966 bits per heavy atom. The van der Waals surface area contributed by atoms with Gasteiger partial charge in [0.15, 0.2) is 11.5 Å². The zero-order valence-electron chi connectivity index (χ0n) is 17.6. The lowest BCUT2D eigenvalue weighted by Crippen LogP contribution is -2.10. The Hall–Kier alpha value is -3.28. The Labute approximate surface area is 171 Å². The van der Waals surface area contributed by atoms with Crippen LogP contribution in [0.15, 0.2) is 42.6 Å². The second-order valence-corrected chi connectivity index (χ2v) is 8.02. The number of nitrogens with zero attached hydrogens (tertiary/aromatic N) is 2. The SMILES string of the molecule is COc1cc(Cc2cnc(N)nc2N)cc(-c2ccc(C(C)(C)C)cc2)c1OC. The molecule has 4 N–H and O–H groups in total. The van der Waals surface area contributed by atoms with Gasteiger partial charge in [-0.1, -0.05) is 45.0 Å². The van der Waals surface area contributed by atoms with E-state index in [2.05, 4.69) is 61.1 Å². The molecule has 0 saturated heterocycles. The third kappa shape index (κ3) is 4.42. The van der Waals surface area contributed by atoms with Crippen molar-refractivity contribution in [2.24, 2.45) is 0 Å². The second kappa shape index (κ2) is 7.99. The lowest BCUT2D eigenvalue weighted by atomic mass is 9.86. The summed E-state index contributed by atoms with van der Waals surface area (Å²) < 4.78 is 11.3. The Bertz CT molecular complexity index is 1010. The molecule has 0 radical (unpaired) electrons. The molecule has 6 heteroatoms. The van der Waals surface area contributed by atoms with E-state index in [1.54, 1.807) is 20.4 Å². The number of ether oxygens (including phenoxy) is 2. The predicted molar refractivity (Wildman–Crippen MR) is 117 cm³/mol. The van der Waals surface area contributed by atoms with E-state index < -0.39 is 0 Å². The number of aromatic nitrogens is 2. The largest absolute Gasteiger partial charge is 0.493 e. The van der Waals surface area contributed by atoms with Gasteiger partial charge in [-0.2, -0.15) is 4.98 Å². The van der Waals surface area contributed by atoms with Crippen molar-refractivity contribution in [3.05, 3.63) is 59.3 Å². The fraction of sp³-hybridized carbons (Fsp3) is 0.304. The average Bonchev–Trinajstić information content (AvgIpc) is 2.68. The molecular formula is C23H28N4O2. The quantitative estimate of drug-likeness (QED) is 0.675. The molecule has 0 spiro atoms. The molecule has 1 aromatic heterocycles. The van der Waals surface area contributed by atoms with Crippen LogP contribution in [0.2, 0.25) is 0 Å². The van der Waals surface area contributed by atoms with Crippen LogP contribution in [0.4, 0.5) is 11.8 Å². The van der Waals surface area contributed by atoms with Crippen molar-refractivity contribution in [2.75, 3.05) is 25.7 Å². The summed E-state index contributed by atoms with van der Waals surface area (Å²) in [4.78, 5) is 8.10. The minimum atomic E-state index is 0.0921. The smallest absolute Gasteiger partial charge is 0.221 e. The first-order valence-electron chi connectivity index (χ1n) is 9.45. The van der Waals surface area contributed by atoms with Crippen molar-refractivity contribution in [1.29, 1.82) is 0 Å². The van der Waals surface area contributed by atoms with E-state index in [-0.39, 0.29) is 11.4 Å². The van der Waals surface area contributed by atoms with Gasteiger partial charge < -0.3 is 20.9 Å². The highest BCUT2D eigenvalue weighted by Gasteiger charge is 2.17. The highest BCUT2D eigenvalue weighted by molar-refractivity contribution is 5.75. The second-order valence-electron chi connectivity index (χ2n) is 8.02. The average molecular weight is 393 g/mol. The van der Waals surface area contributed by atoms with Crippen molar-refractivity contribution < 1.29 is 9.47 Å². The van der Waals surface area contributed by atoms with Gasteiger partial charge in [-0.05, 0) is 34.2 Å². The summed E-state index contributed by atoms with van der Waals surface area (Å²) >= 11 is 0. The number of hydrogen-bond donors (Lipinski definition) is 2. The molecule has 0 aliphatic rings. The Balaban J connectivity index is 2.07. The number of nitrogen functional groups attached to an aromatic ring is 2. The lowest BCUT2D eigenvalue weighted by molar-refractivity contribution is 0.356. The highest BCUT2D eigenvalue weighted by atomic mass is 16.5. The van der Waals surface area contributed by atoms with Crippen LogP contribution in [0.25, 0.3) is 11.1 Å². The number of anilines is 2. The van der Waals surface area contributed by atoms with E-state index in [0.717, 1.165) is 22.3 Å². The van der Waals surface area contributed by atoms with Crippen molar-refractivity contribution >= 4 is 11.8 Å². The minimum absolute atomic E-state index is 0.0921. The van der Waals surface area contributed by atoms with Gasteiger partial charge in [0.2, 0.25) is 5.95 Å². The summed E-state index contributed by atoms with van der Waals surface area (Å²) in [7, 11) is 3.28. The van der Waals surface area contributed by atoms with Crippen molar-refractivity contribution in [2.45, 2.75) is 32.6 Å². The zero-order chi connectivity index (χ0) is 21.2. The molecule has 0 bridgehead atoms. The predicted octanol–water partition coefficient (Wildman–Crippen LogP) is 4.21. The summed E-state index contributed by atoms with van der Waals surface area (Å²) in [6, 6.07) is 12.6. The van der Waals surface area contributed by atoms with Crippen LogP contribution in [0.3, 0.4) is 0 Å². The van der Waals surface area contributed by atoms with Crippen LogP contribution in [-0.4, -0.2) is 24.2 Å². The van der Waals surface area contributed by atoms with Crippen molar-refractivity contribution in [1.82, 2.24) is 9.97 Å². The van der Waals surface area contributed by atoms with E-state index in [9.17, 15) is 0 Å². The third-order valence-corrected chi connectivity index (χ3v) is 4.91. The van der Waals surface area contributed by atoms with Crippen LogP contribution < -0.4 is 20.9 Å². The number of rotatable bonds is 5. The van der Waals surface area contributed by atoms with Crippen LogP contribution in [0, 0.1) is 0 Å². The topological polar surface area (TPSA) is 96.3 Å². The van der Waals surface area contributed by atoms with Crippen LogP contribution >= 0.6 is 0 Å². The van der Waals surface area contributed by atoms with Gasteiger partial charge in [0, 0.05) is 23.7 Å². The number of benzene rings is 2. The summed E-state index contributed by atoms with van der Waals surface area (Å²) in [6.07, 6.45) is 2.21. The Morgan fingerprint density at radius 2 is 1.66 bits per heavy atom. The van der Waals surface area contributed by atoms with Gasteiger partial charge in [0.1, 0.15) is 5.82 Å². The first kappa shape index (κ1) is 20.5. The van der Waals surface area contributed by atoms with Crippen LogP contribution in [0.5, 0.6) is 11.5 Å². The molecule has 6 nitrogen and oxygen atoms in total. The molecule has 0 fully saturated rings. The summed E-state index contributed by atoms with van der Waals surface area (Å²) in [5.74, 6) is 1.90. The molecule has 0 atom stereocenters.